The zero-order chi connectivity index (χ0) is 16.8. The van der Waals surface area contributed by atoms with Gasteiger partial charge in [-0.1, -0.05) is 31.5 Å². The second kappa shape index (κ2) is 5.41. The van der Waals surface area contributed by atoms with Crippen molar-refractivity contribution in [3.63, 3.8) is 0 Å². The average molecular weight is 341 g/mol. The van der Waals surface area contributed by atoms with Crippen LogP contribution in [0.5, 0.6) is 0 Å². The van der Waals surface area contributed by atoms with Crippen LogP contribution < -0.4 is 5.32 Å². The number of pyridine rings is 1. The second-order valence-corrected chi connectivity index (χ2v) is 6.65. The number of halogens is 4. The predicted octanol–water partition coefficient (Wildman–Crippen LogP) is 5.69. The highest BCUT2D eigenvalue weighted by Gasteiger charge is 2.60. The summed E-state index contributed by atoms with van der Waals surface area (Å²) in [5.41, 5.74) is -1.41. The lowest BCUT2D eigenvalue weighted by Gasteiger charge is -2.42. The lowest BCUT2D eigenvalue weighted by atomic mass is 9.67. The van der Waals surface area contributed by atoms with Gasteiger partial charge in [0.1, 0.15) is 11.2 Å². The van der Waals surface area contributed by atoms with Gasteiger partial charge in [-0.2, -0.15) is 13.2 Å². The van der Waals surface area contributed by atoms with Crippen molar-refractivity contribution in [3.05, 3.63) is 52.7 Å². The molecular weight excluding hydrogens is 325 g/mol. The largest absolute Gasteiger partial charge is 0.402 e. The van der Waals surface area contributed by atoms with Crippen LogP contribution in [0.1, 0.15) is 31.4 Å². The van der Waals surface area contributed by atoms with Crippen molar-refractivity contribution in [2.75, 3.05) is 5.32 Å². The van der Waals surface area contributed by atoms with Gasteiger partial charge in [0.2, 0.25) is 0 Å². The third kappa shape index (κ3) is 2.47. The SMILES string of the molecule is CC(C)CC1(C(F)(F)F)c2cc(Cl)ccc2Nc2ncccc21. The van der Waals surface area contributed by atoms with Gasteiger partial charge >= 0.3 is 6.18 Å². The zero-order valence-corrected chi connectivity index (χ0v) is 13.5. The van der Waals surface area contributed by atoms with E-state index in [-0.39, 0.29) is 34.3 Å². The summed E-state index contributed by atoms with van der Waals surface area (Å²) in [5, 5.41) is 3.29. The molecule has 1 atom stereocenters. The monoisotopic (exact) mass is 340 g/mol. The highest BCUT2D eigenvalue weighted by Crippen LogP contribution is 2.56. The molecule has 0 spiro atoms. The third-order valence-corrected chi connectivity index (χ3v) is 4.40. The molecule has 122 valence electrons. The Bertz CT molecular complexity index is 743. The molecule has 0 bridgehead atoms. The van der Waals surface area contributed by atoms with E-state index in [1.54, 1.807) is 26.0 Å². The van der Waals surface area contributed by atoms with Crippen LogP contribution in [0.4, 0.5) is 24.7 Å². The fourth-order valence-corrected chi connectivity index (χ4v) is 3.53. The molecule has 1 aliphatic rings. The third-order valence-electron chi connectivity index (χ3n) is 4.16. The van der Waals surface area contributed by atoms with Crippen LogP contribution in [0.15, 0.2) is 36.5 Å². The van der Waals surface area contributed by atoms with Crippen LogP contribution in [0, 0.1) is 5.92 Å². The number of alkyl halides is 3. The normalized spacial score (nSPS) is 20.0. The molecule has 2 nitrogen and oxygen atoms in total. The van der Waals surface area contributed by atoms with Crippen molar-refractivity contribution in [1.29, 1.82) is 0 Å². The van der Waals surface area contributed by atoms with Gasteiger partial charge < -0.3 is 5.32 Å². The fraction of sp³-hybridized carbons (Fsp3) is 0.353. The van der Waals surface area contributed by atoms with Crippen LogP contribution in [-0.4, -0.2) is 11.2 Å². The van der Waals surface area contributed by atoms with Gasteiger partial charge in [-0.15, -0.1) is 0 Å². The molecule has 1 aromatic carbocycles. The summed E-state index contributed by atoms with van der Waals surface area (Å²) in [6.45, 7) is 3.57. The molecule has 3 rings (SSSR count). The van der Waals surface area contributed by atoms with Crippen LogP contribution in [0.3, 0.4) is 0 Å². The Hall–Kier alpha value is -1.75. The van der Waals surface area contributed by atoms with Crippen molar-refractivity contribution in [2.45, 2.75) is 31.9 Å². The Morgan fingerprint density at radius 3 is 2.61 bits per heavy atom. The summed E-state index contributed by atoms with van der Waals surface area (Å²) >= 11 is 6.01. The molecule has 0 amide bonds. The summed E-state index contributed by atoms with van der Waals surface area (Å²) in [6, 6.07) is 7.61. The van der Waals surface area contributed by atoms with Gasteiger partial charge in [-0.3, -0.25) is 0 Å². The standard InChI is InChI=1S/C17H16ClF3N2/c1-10(2)9-16(17(19,20)21)12-4-3-7-22-15(12)23-14-6-5-11(18)8-13(14)16/h3-8,10H,9H2,1-2H3,(H,22,23). The topological polar surface area (TPSA) is 24.9 Å². The first-order chi connectivity index (χ1) is 10.8. The Morgan fingerprint density at radius 2 is 1.96 bits per heavy atom. The van der Waals surface area contributed by atoms with E-state index < -0.39 is 11.6 Å². The minimum atomic E-state index is -4.46. The number of rotatable bonds is 2. The average Bonchev–Trinajstić information content (AvgIpc) is 2.46. The van der Waals surface area contributed by atoms with E-state index in [1.807, 2.05) is 0 Å². The summed E-state index contributed by atoms with van der Waals surface area (Å²) in [4.78, 5) is 4.11. The maximum Gasteiger partial charge on any atom is 0.402 e. The van der Waals surface area contributed by atoms with E-state index in [0.29, 0.717) is 5.69 Å². The molecule has 23 heavy (non-hydrogen) atoms. The van der Waals surface area contributed by atoms with Gasteiger partial charge in [0.15, 0.2) is 0 Å². The van der Waals surface area contributed by atoms with Crippen LogP contribution in [0.2, 0.25) is 5.02 Å². The molecule has 2 heterocycles. The minimum Gasteiger partial charge on any atom is -0.340 e. The Kier molecular flexibility index (Phi) is 3.79. The molecule has 1 aliphatic heterocycles. The molecule has 1 N–H and O–H groups in total. The molecule has 6 heteroatoms. The quantitative estimate of drug-likeness (QED) is 0.760. The first-order valence-electron chi connectivity index (χ1n) is 7.35. The number of benzene rings is 1. The molecular formula is C17H16ClF3N2. The highest BCUT2D eigenvalue weighted by molar-refractivity contribution is 6.30. The summed E-state index contributed by atoms with van der Waals surface area (Å²) in [6.07, 6.45) is -3.04. The van der Waals surface area contributed by atoms with Crippen LogP contribution in [-0.2, 0) is 5.41 Å². The molecule has 2 aromatic rings. The van der Waals surface area contributed by atoms with E-state index in [1.165, 1.54) is 24.4 Å². The van der Waals surface area contributed by atoms with Crippen molar-refractivity contribution >= 4 is 23.1 Å². The van der Waals surface area contributed by atoms with Crippen molar-refractivity contribution in [1.82, 2.24) is 4.98 Å². The Morgan fingerprint density at radius 1 is 1.22 bits per heavy atom. The minimum absolute atomic E-state index is 0.0653. The second-order valence-electron chi connectivity index (χ2n) is 6.22. The molecule has 0 saturated heterocycles. The first-order valence-corrected chi connectivity index (χ1v) is 7.73. The maximum atomic E-state index is 14.3. The van der Waals surface area contributed by atoms with E-state index in [0.717, 1.165) is 0 Å². The molecule has 0 aliphatic carbocycles. The zero-order valence-electron chi connectivity index (χ0n) is 12.7. The van der Waals surface area contributed by atoms with Crippen molar-refractivity contribution in [3.8, 4) is 0 Å². The summed E-state index contributed by atoms with van der Waals surface area (Å²) in [7, 11) is 0. The molecule has 0 fully saturated rings. The number of nitrogens with zero attached hydrogens (tertiary/aromatic N) is 1. The van der Waals surface area contributed by atoms with E-state index in [9.17, 15) is 13.2 Å². The highest BCUT2D eigenvalue weighted by atomic mass is 35.5. The van der Waals surface area contributed by atoms with E-state index in [2.05, 4.69) is 10.3 Å². The molecule has 1 aromatic heterocycles. The number of hydrogen-bond acceptors (Lipinski definition) is 2. The van der Waals surface area contributed by atoms with Gasteiger partial charge in [-0.25, -0.2) is 4.98 Å². The summed E-state index contributed by atoms with van der Waals surface area (Å²) < 4.78 is 43.0. The summed E-state index contributed by atoms with van der Waals surface area (Å²) in [5.74, 6) is 0.0925. The predicted molar refractivity (Wildman–Crippen MR) is 85.3 cm³/mol. The van der Waals surface area contributed by atoms with Gasteiger partial charge in [0.05, 0.1) is 0 Å². The van der Waals surface area contributed by atoms with Crippen molar-refractivity contribution in [2.24, 2.45) is 5.92 Å². The van der Waals surface area contributed by atoms with E-state index >= 15 is 0 Å². The molecule has 0 radical (unpaired) electrons. The van der Waals surface area contributed by atoms with Crippen molar-refractivity contribution < 1.29 is 13.2 Å². The number of fused-ring (bicyclic) bond motifs is 2. The number of hydrogen-bond donors (Lipinski definition) is 1. The smallest absolute Gasteiger partial charge is 0.340 e. The van der Waals surface area contributed by atoms with Crippen LogP contribution >= 0.6 is 11.6 Å². The first kappa shape index (κ1) is 16.1. The maximum absolute atomic E-state index is 14.3. The van der Waals surface area contributed by atoms with Crippen LogP contribution in [0.25, 0.3) is 0 Å². The lowest BCUT2D eigenvalue weighted by molar-refractivity contribution is -0.182. The van der Waals surface area contributed by atoms with Gasteiger partial charge in [0.25, 0.3) is 0 Å². The number of anilines is 2. The van der Waals surface area contributed by atoms with Gasteiger partial charge in [0, 0.05) is 22.5 Å². The number of aromatic nitrogens is 1. The lowest BCUT2D eigenvalue weighted by Crippen LogP contribution is -2.47. The Balaban J connectivity index is 2.38. The molecule has 0 saturated carbocycles. The molecule has 1 unspecified atom stereocenters. The van der Waals surface area contributed by atoms with E-state index in [4.69, 9.17) is 11.6 Å². The Labute approximate surface area is 137 Å². The number of nitrogens with one attached hydrogen (secondary N) is 1. The fourth-order valence-electron chi connectivity index (χ4n) is 3.35. The van der Waals surface area contributed by atoms with Gasteiger partial charge in [-0.05, 0) is 42.2 Å².